The summed E-state index contributed by atoms with van der Waals surface area (Å²) in [6, 6.07) is 0. The molecule has 1 heterocycles. The number of hydrogen-bond donors (Lipinski definition) is 1. The minimum Gasteiger partial charge on any atom is -0.356 e. The van der Waals surface area contributed by atoms with Crippen molar-refractivity contribution in [2.45, 2.75) is 19.3 Å². The van der Waals surface area contributed by atoms with E-state index in [0.29, 0.717) is 18.8 Å². The molecule has 0 radical (unpaired) electrons. The van der Waals surface area contributed by atoms with Crippen LogP contribution < -0.4 is 5.32 Å². The minimum absolute atomic E-state index is 0.0738. The molecule has 0 spiro atoms. The highest BCUT2D eigenvalue weighted by atomic mass is 19.1. The van der Waals surface area contributed by atoms with E-state index >= 15 is 0 Å². The van der Waals surface area contributed by atoms with Crippen LogP contribution in [0.2, 0.25) is 0 Å². The molecule has 1 rings (SSSR count). The van der Waals surface area contributed by atoms with Gasteiger partial charge in [-0.2, -0.15) is 0 Å². The van der Waals surface area contributed by atoms with Crippen LogP contribution in [0.4, 0.5) is 4.39 Å². The van der Waals surface area contributed by atoms with Gasteiger partial charge in [-0.05, 0) is 18.8 Å². The molecular weight excluding hydrogens is 133 g/mol. The van der Waals surface area contributed by atoms with Crippen molar-refractivity contribution in [3.05, 3.63) is 0 Å². The van der Waals surface area contributed by atoms with Crippen molar-refractivity contribution in [3.63, 3.8) is 0 Å². The maximum Gasteiger partial charge on any atom is 0.220 e. The summed E-state index contributed by atoms with van der Waals surface area (Å²) in [5.74, 6) is 0.364. The molecule has 0 bridgehead atoms. The van der Waals surface area contributed by atoms with E-state index in [1.807, 2.05) is 0 Å². The van der Waals surface area contributed by atoms with Gasteiger partial charge >= 0.3 is 0 Å². The van der Waals surface area contributed by atoms with E-state index in [-0.39, 0.29) is 12.6 Å². The molecule has 3 heteroatoms. The third-order valence-corrected chi connectivity index (χ3v) is 1.87. The van der Waals surface area contributed by atoms with Crippen LogP contribution in [0.3, 0.4) is 0 Å². The first-order valence-corrected chi connectivity index (χ1v) is 3.65. The van der Waals surface area contributed by atoms with E-state index in [2.05, 4.69) is 5.32 Å². The van der Waals surface area contributed by atoms with Crippen LogP contribution in [-0.2, 0) is 4.79 Å². The number of hydrogen-bond acceptors (Lipinski definition) is 1. The van der Waals surface area contributed by atoms with Gasteiger partial charge < -0.3 is 5.32 Å². The van der Waals surface area contributed by atoms with Gasteiger partial charge in [-0.15, -0.1) is 0 Å². The Bertz CT molecular complexity index is 125. The van der Waals surface area contributed by atoms with Crippen LogP contribution in [-0.4, -0.2) is 19.1 Å². The lowest BCUT2D eigenvalue weighted by molar-refractivity contribution is -0.123. The molecule has 0 aliphatic carbocycles. The van der Waals surface area contributed by atoms with Crippen LogP contribution in [0.1, 0.15) is 19.3 Å². The molecule has 0 aromatic carbocycles. The van der Waals surface area contributed by atoms with Crippen molar-refractivity contribution in [1.29, 1.82) is 0 Å². The number of alkyl halides is 1. The van der Waals surface area contributed by atoms with Crippen LogP contribution in [0.5, 0.6) is 0 Å². The standard InChI is InChI=1S/C7H12FNO/c8-3-1-6-2-4-9-7(10)5-6/h6H,1-5H2,(H,9,10). The Hall–Kier alpha value is -0.600. The lowest BCUT2D eigenvalue weighted by atomic mass is 9.95. The van der Waals surface area contributed by atoms with Gasteiger partial charge in [0.05, 0.1) is 6.67 Å². The summed E-state index contributed by atoms with van der Waals surface area (Å²) in [5, 5.41) is 2.71. The Labute approximate surface area is 59.8 Å². The zero-order valence-electron chi connectivity index (χ0n) is 5.90. The number of rotatable bonds is 2. The quantitative estimate of drug-likeness (QED) is 0.613. The normalized spacial score (nSPS) is 26.1. The molecule has 0 saturated carbocycles. The summed E-state index contributed by atoms with van der Waals surface area (Å²) in [6.07, 6.45) is 2.01. The summed E-state index contributed by atoms with van der Waals surface area (Å²) in [7, 11) is 0. The van der Waals surface area contributed by atoms with E-state index in [4.69, 9.17) is 0 Å². The number of nitrogens with one attached hydrogen (secondary N) is 1. The molecule has 1 amide bonds. The maximum absolute atomic E-state index is 11.8. The van der Waals surface area contributed by atoms with Crippen molar-refractivity contribution >= 4 is 5.91 Å². The van der Waals surface area contributed by atoms with Crippen molar-refractivity contribution in [2.24, 2.45) is 5.92 Å². The van der Waals surface area contributed by atoms with Crippen molar-refractivity contribution in [1.82, 2.24) is 5.32 Å². The second-order valence-electron chi connectivity index (χ2n) is 2.69. The summed E-state index contributed by atoms with van der Waals surface area (Å²) in [6.45, 7) is 0.432. The van der Waals surface area contributed by atoms with Gasteiger partial charge in [0.2, 0.25) is 5.91 Å². The predicted molar refractivity (Wildman–Crippen MR) is 36.3 cm³/mol. The number of amides is 1. The van der Waals surface area contributed by atoms with Crippen LogP contribution in [0, 0.1) is 5.92 Å². The zero-order chi connectivity index (χ0) is 7.40. The van der Waals surface area contributed by atoms with Crippen molar-refractivity contribution in [2.75, 3.05) is 13.2 Å². The number of piperidine rings is 1. The Balaban J connectivity index is 2.25. The van der Waals surface area contributed by atoms with Crippen LogP contribution >= 0.6 is 0 Å². The first-order chi connectivity index (χ1) is 4.83. The third-order valence-electron chi connectivity index (χ3n) is 1.87. The minimum atomic E-state index is -0.294. The van der Waals surface area contributed by atoms with Gasteiger partial charge in [0.25, 0.3) is 0 Å². The topological polar surface area (TPSA) is 29.1 Å². The Morgan fingerprint density at radius 1 is 1.70 bits per heavy atom. The van der Waals surface area contributed by atoms with E-state index in [1.54, 1.807) is 0 Å². The highest BCUT2D eigenvalue weighted by Gasteiger charge is 2.17. The van der Waals surface area contributed by atoms with E-state index < -0.39 is 0 Å². The number of carbonyl (C=O) groups excluding carboxylic acids is 1. The lowest BCUT2D eigenvalue weighted by Crippen LogP contribution is -2.33. The fraction of sp³-hybridized carbons (Fsp3) is 0.857. The fourth-order valence-electron chi connectivity index (χ4n) is 1.25. The average Bonchev–Trinajstić information content (AvgIpc) is 1.88. The molecule has 1 fully saturated rings. The van der Waals surface area contributed by atoms with E-state index in [1.165, 1.54) is 0 Å². The molecule has 58 valence electrons. The predicted octanol–water partition coefficient (Wildman–Crippen LogP) is 0.872. The largest absolute Gasteiger partial charge is 0.356 e. The first kappa shape index (κ1) is 7.51. The van der Waals surface area contributed by atoms with E-state index in [9.17, 15) is 9.18 Å². The molecule has 1 aliphatic heterocycles. The summed E-state index contributed by atoms with van der Waals surface area (Å²) < 4.78 is 11.8. The monoisotopic (exact) mass is 145 g/mol. The smallest absolute Gasteiger partial charge is 0.220 e. The number of carbonyl (C=O) groups is 1. The molecule has 1 saturated heterocycles. The van der Waals surface area contributed by atoms with Gasteiger partial charge in [-0.25, -0.2) is 0 Å². The molecule has 1 aliphatic rings. The molecule has 10 heavy (non-hydrogen) atoms. The second kappa shape index (κ2) is 3.54. The van der Waals surface area contributed by atoms with Gasteiger partial charge in [0.15, 0.2) is 0 Å². The molecular formula is C7H12FNO. The molecule has 0 aromatic rings. The molecule has 2 nitrogen and oxygen atoms in total. The van der Waals surface area contributed by atoms with Gasteiger partial charge in [0.1, 0.15) is 0 Å². The lowest BCUT2D eigenvalue weighted by Gasteiger charge is -2.20. The third kappa shape index (κ3) is 1.97. The maximum atomic E-state index is 11.8. The SMILES string of the molecule is O=C1CC(CCF)CCN1. The molecule has 1 atom stereocenters. The Morgan fingerprint density at radius 2 is 2.50 bits per heavy atom. The fourth-order valence-corrected chi connectivity index (χ4v) is 1.25. The first-order valence-electron chi connectivity index (χ1n) is 3.65. The van der Waals surface area contributed by atoms with Crippen molar-refractivity contribution < 1.29 is 9.18 Å². The molecule has 0 aromatic heterocycles. The summed E-state index contributed by atoms with van der Waals surface area (Å²) in [5.41, 5.74) is 0. The van der Waals surface area contributed by atoms with Crippen molar-refractivity contribution in [3.8, 4) is 0 Å². The van der Waals surface area contributed by atoms with Gasteiger partial charge in [-0.3, -0.25) is 9.18 Å². The van der Waals surface area contributed by atoms with Crippen LogP contribution in [0.25, 0.3) is 0 Å². The second-order valence-corrected chi connectivity index (χ2v) is 2.69. The average molecular weight is 145 g/mol. The Morgan fingerprint density at radius 3 is 3.10 bits per heavy atom. The summed E-state index contributed by atoms with van der Waals surface area (Å²) >= 11 is 0. The van der Waals surface area contributed by atoms with E-state index in [0.717, 1.165) is 13.0 Å². The Kier molecular flexibility index (Phi) is 2.66. The highest BCUT2D eigenvalue weighted by molar-refractivity contribution is 5.76. The van der Waals surface area contributed by atoms with Crippen LogP contribution in [0.15, 0.2) is 0 Å². The van der Waals surface area contributed by atoms with Gasteiger partial charge in [0, 0.05) is 13.0 Å². The molecule has 1 N–H and O–H groups in total. The number of halogens is 1. The zero-order valence-corrected chi connectivity index (χ0v) is 5.90. The van der Waals surface area contributed by atoms with Gasteiger partial charge in [-0.1, -0.05) is 0 Å². The summed E-state index contributed by atoms with van der Waals surface area (Å²) in [4.78, 5) is 10.7. The molecule has 1 unspecified atom stereocenters. The highest BCUT2D eigenvalue weighted by Crippen LogP contribution is 2.15.